The molecule has 1 fully saturated rings. The first kappa shape index (κ1) is 17.6. The van der Waals surface area contributed by atoms with Gasteiger partial charge >= 0.3 is 0 Å². The Bertz CT molecular complexity index is 635. The molecular formula is C18H28N4OS. The monoisotopic (exact) mass is 348 g/mol. The largest absolute Gasteiger partial charge is 0.379 e. The lowest BCUT2D eigenvalue weighted by Gasteiger charge is -2.26. The standard InChI is InChI=1S/C18H28N4OS/c1-3-22(4-2)17-15-8-14-24-18(15)20-16(19-17)7-5-6-9-21-10-12-23-13-11-21/h8,14H,3-7,9-13H2,1-2H3. The van der Waals surface area contributed by atoms with Gasteiger partial charge in [-0.05, 0) is 44.7 Å². The van der Waals surface area contributed by atoms with Crippen LogP contribution in [-0.4, -0.2) is 60.8 Å². The summed E-state index contributed by atoms with van der Waals surface area (Å²) in [4.78, 5) is 15.6. The zero-order valence-electron chi connectivity index (χ0n) is 14.8. The van der Waals surface area contributed by atoms with Crippen LogP contribution in [0.2, 0.25) is 0 Å². The number of morpholine rings is 1. The van der Waals surface area contributed by atoms with Crippen molar-refractivity contribution in [3.63, 3.8) is 0 Å². The normalized spacial score (nSPS) is 15.9. The van der Waals surface area contributed by atoms with E-state index in [-0.39, 0.29) is 0 Å². The van der Waals surface area contributed by atoms with Crippen molar-refractivity contribution in [2.75, 3.05) is 50.8 Å². The van der Waals surface area contributed by atoms with Crippen LogP contribution in [-0.2, 0) is 11.2 Å². The molecule has 2 aromatic rings. The van der Waals surface area contributed by atoms with Gasteiger partial charge in [0.2, 0.25) is 0 Å². The smallest absolute Gasteiger partial charge is 0.141 e. The maximum absolute atomic E-state index is 5.40. The highest BCUT2D eigenvalue weighted by molar-refractivity contribution is 7.16. The van der Waals surface area contributed by atoms with Crippen LogP contribution in [0.25, 0.3) is 10.2 Å². The fourth-order valence-electron chi connectivity index (χ4n) is 3.20. The lowest BCUT2D eigenvalue weighted by Crippen LogP contribution is -2.36. The molecular weight excluding hydrogens is 320 g/mol. The molecule has 0 N–H and O–H groups in total. The molecule has 1 saturated heterocycles. The summed E-state index contributed by atoms with van der Waals surface area (Å²) in [6.07, 6.45) is 3.31. The van der Waals surface area contributed by atoms with Crippen LogP contribution < -0.4 is 4.90 Å². The topological polar surface area (TPSA) is 41.5 Å². The molecule has 1 aliphatic heterocycles. The predicted molar refractivity (Wildman–Crippen MR) is 101 cm³/mol. The second-order valence-corrected chi connectivity index (χ2v) is 7.08. The van der Waals surface area contributed by atoms with Crippen molar-refractivity contribution in [1.82, 2.24) is 14.9 Å². The van der Waals surface area contributed by atoms with Crippen LogP contribution in [0.1, 0.15) is 32.5 Å². The van der Waals surface area contributed by atoms with E-state index in [0.717, 1.165) is 75.3 Å². The van der Waals surface area contributed by atoms with E-state index in [9.17, 15) is 0 Å². The van der Waals surface area contributed by atoms with E-state index in [1.54, 1.807) is 11.3 Å². The zero-order valence-corrected chi connectivity index (χ0v) is 15.6. The SMILES string of the molecule is CCN(CC)c1nc(CCCCN2CCOCC2)nc2sccc12. The molecule has 5 nitrogen and oxygen atoms in total. The zero-order chi connectivity index (χ0) is 16.8. The van der Waals surface area contributed by atoms with Crippen molar-refractivity contribution in [3.8, 4) is 0 Å². The molecule has 0 saturated carbocycles. The molecule has 0 aliphatic carbocycles. The second-order valence-electron chi connectivity index (χ2n) is 6.19. The third-order valence-electron chi connectivity index (χ3n) is 4.64. The third kappa shape index (κ3) is 4.23. The van der Waals surface area contributed by atoms with Gasteiger partial charge in [-0.2, -0.15) is 0 Å². The molecule has 3 rings (SSSR count). The van der Waals surface area contributed by atoms with Crippen LogP contribution in [0.3, 0.4) is 0 Å². The Morgan fingerprint density at radius 1 is 1.17 bits per heavy atom. The highest BCUT2D eigenvalue weighted by atomic mass is 32.1. The summed E-state index contributed by atoms with van der Waals surface area (Å²) in [5.74, 6) is 2.10. The van der Waals surface area contributed by atoms with E-state index in [2.05, 4.69) is 35.1 Å². The lowest BCUT2D eigenvalue weighted by molar-refractivity contribution is 0.0372. The number of hydrogen-bond donors (Lipinski definition) is 0. The van der Waals surface area contributed by atoms with Crippen LogP contribution >= 0.6 is 11.3 Å². The molecule has 0 spiro atoms. The highest BCUT2D eigenvalue weighted by Crippen LogP contribution is 2.28. The maximum Gasteiger partial charge on any atom is 0.141 e. The van der Waals surface area contributed by atoms with Crippen LogP contribution in [0.5, 0.6) is 0 Å². The molecule has 6 heteroatoms. The van der Waals surface area contributed by atoms with E-state index in [1.165, 1.54) is 11.8 Å². The molecule has 132 valence electrons. The second kappa shape index (κ2) is 8.74. The van der Waals surface area contributed by atoms with Gasteiger partial charge in [-0.15, -0.1) is 11.3 Å². The van der Waals surface area contributed by atoms with Crippen molar-refractivity contribution in [1.29, 1.82) is 0 Å². The first-order valence-corrected chi connectivity index (χ1v) is 9.99. The fourth-order valence-corrected chi connectivity index (χ4v) is 3.98. The number of aromatic nitrogens is 2. The fraction of sp³-hybridized carbons (Fsp3) is 0.667. The number of fused-ring (bicyclic) bond motifs is 1. The van der Waals surface area contributed by atoms with Crippen molar-refractivity contribution in [2.45, 2.75) is 33.1 Å². The third-order valence-corrected chi connectivity index (χ3v) is 5.45. The van der Waals surface area contributed by atoms with Crippen LogP contribution in [0, 0.1) is 0 Å². The number of hydrogen-bond acceptors (Lipinski definition) is 6. The highest BCUT2D eigenvalue weighted by Gasteiger charge is 2.14. The van der Waals surface area contributed by atoms with Crippen molar-refractivity contribution < 1.29 is 4.74 Å². The number of rotatable bonds is 8. The quantitative estimate of drug-likeness (QED) is 0.685. The van der Waals surface area contributed by atoms with E-state index in [0.29, 0.717) is 0 Å². The van der Waals surface area contributed by atoms with Gasteiger partial charge in [0.15, 0.2) is 0 Å². The van der Waals surface area contributed by atoms with Crippen molar-refractivity contribution in [3.05, 3.63) is 17.3 Å². The molecule has 0 bridgehead atoms. The van der Waals surface area contributed by atoms with E-state index >= 15 is 0 Å². The number of nitrogens with zero attached hydrogens (tertiary/aromatic N) is 4. The van der Waals surface area contributed by atoms with Gasteiger partial charge in [-0.1, -0.05) is 0 Å². The van der Waals surface area contributed by atoms with Gasteiger partial charge in [-0.25, -0.2) is 9.97 Å². The molecule has 2 aromatic heterocycles. The van der Waals surface area contributed by atoms with Gasteiger partial charge in [0.05, 0.1) is 18.6 Å². The van der Waals surface area contributed by atoms with Gasteiger partial charge < -0.3 is 9.64 Å². The summed E-state index contributed by atoms with van der Waals surface area (Å²) < 4.78 is 5.40. The molecule has 3 heterocycles. The number of aryl methyl sites for hydroxylation is 1. The number of thiophene rings is 1. The molecule has 0 unspecified atom stereocenters. The maximum atomic E-state index is 5.40. The minimum absolute atomic E-state index is 0.880. The van der Waals surface area contributed by atoms with Crippen molar-refractivity contribution >= 4 is 27.4 Å². The first-order valence-electron chi connectivity index (χ1n) is 9.11. The molecule has 0 aromatic carbocycles. The van der Waals surface area contributed by atoms with Gasteiger partial charge in [0, 0.05) is 32.6 Å². The van der Waals surface area contributed by atoms with E-state index in [1.807, 2.05) is 0 Å². The predicted octanol–water partition coefficient (Wildman–Crippen LogP) is 3.19. The Labute approximate surface area is 148 Å². The summed E-state index contributed by atoms with van der Waals surface area (Å²) in [6, 6.07) is 2.15. The Morgan fingerprint density at radius 2 is 1.96 bits per heavy atom. The molecule has 0 atom stereocenters. The summed E-state index contributed by atoms with van der Waals surface area (Å²) in [7, 11) is 0. The minimum atomic E-state index is 0.880. The van der Waals surface area contributed by atoms with Crippen LogP contribution in [0.4, 0.5) is 5.82 Å². The van der Waals surface area contributed by atoms with E-state index in [4.69, 9.17) is 14.7 Å². The van der Waals surface area contributed by atoms with Gasteiger partial charge in [0.25, 0.3) is 0 Å². The van der Waals surface area contributed by atoms with Crippen molar-refractivity contribution in [2.24, 2.45) is 0 Å². The van der Waals surface area contributed by atoms with E-state index < -0.39 is 0 Å². The Hall–Kier alpha value is -1.24. The molecule has 0 amide bonds. The molecule has 24 heavy (non-hydrogen) atoms. The van der Waals surface area contributed by atoms with Gasteiger partial charge in [0.1, 0.15) is 16.5 Å². The lowest BCUT2D eigenvalue weighted by atomic mass is 10.2. The number of anilines is 1. The average molecular weight is 349 g/mol. The Kier molecular flexibility index (Phi) is 6.40. The summed E-state index contributed by atoms with van der Waals surface area (Å²) in [6.45, 7) is 11.4. The number of unbranched alkanes of at least 4 members (excludes halogenated alkanes) is 1. The van der Waals surface area contributed by atoms with Gasteiger partial charge in [-0.3, -0.25) is 4.90 Å². The number of ether oxygens (including phenoxy) is 1. The average Bonchev–Trinajstić information content (AvgIpc) is 3.09. The molecule has 1 aliphatic rings. The first-order chi connectivity index (χ1) is 11.8. The molecule has 0 radical (unpaired) electrons. The Morgan fingerprint density at radius 3 is 2.71 bits per heavy atom. The Balaban J connectivity index is 1.61. The summed E-state index contributed by atoms with van der Waals surface area (Å²) in [5, 5.41) is 3.31. The minimum Gasteiger partial charge on any atom is -0.379 e. The van der Waals surface area contributed by atoms with Crippen LogP contribution in [0.15, 0.2) is 11.4 Å². The summed E-state index contributed by atoms with van der Waals surface area (Å²) in [5.41, 5.74) is 0. The summed E-state index contributed by atoms with van der Waals surface area (Å²) >= 11 is 1.72.